The molecule has 72 valence electrons. The minimum Gasteiger partial charge on any atom is -0.324 e. The largest absolute Gasteiger partial charge is 0.324 e. The predicted octanol–water partition coefficient (Wildman–Crippen LogP) is 2.83. The summed E-state index contributed by atoms with van der Waals surface area (Å²) in [6.45, 7) is 6.42. The number of hydrogen-bond donors (Lipinski definition) is 1. The summed E-state index contributed by atoms with van der Waals surface area (Å²) in [4.78, 5) is 0. The first-order valence-corrected chi connectivity index (χ1v) is 5.06. The molecule has 1 rings (SSSR count). The van der Waals surface area contributed by atoms with Crippen molar-refractivity contribution in [3.63, 3.8) is 0 Å². The Hall–Kier alpha value is -0.820. The maximum Gasteiger partial charge on any atom is 0.0266 e. The fourth-order valence-electron chi connectivity index (χ4n) is 1.60. The van der Waals surface area contributed by atoms with Crippen LogP contribution in [0.25, 0.3) is 0 Å². The molecule has 0 aliphatic carbocycles. The molecule has 1 atom stereocenters. The van der Waals surface area contributed by atoms with E-state index in [0.717, 1.165) is 12.8 Å². The summed E-state index contributed by atoms with van der Waals surface area (Å²) in [5, 5.41) is 0. The molecule has 0 bridgehead atoms. The van der Waals surface area contributed by atoms with E-state index in [-0.39, 0.29) is 6.04 Å². The molecular formula is C12H19N. The number of nitrogens with two attached hydrogens (primary N) is 1. The smallest absolute Gasteiger partial charge is 0.0266 e. The molecule has 1 nitrogen and oxygen atoms in total. The van der Waals surface area contributed by atoms with Gasteiger partial charge in [-0.3, -0.25) is 0 Å². The predicted molar refractivity (Wildman–Crippen MR) is 57.8 cm³/mol. The second kappa shape index (κ2) is 4.43. The third-order valence-electron chi connectivity index (χ3n) is 2.52. The first kappa shape index (κ1) is 10.3. The third-order valence-corrected chi connectivity index (χ3v) is 2.52. The van der Waals surface area contributed by atoms with Crippen molar-refractivity contribution in [2.75, 3.05) is 0 Å². The Bertz CT molecular complexity index is 276. The van der Waals surface area contributed by atoms with Gasteiger partial charge in [-0.05, 0) is 36.5 Å². The van der Waals surface area contributed by atoms with Crippen LogP contribution in [-0.4, -0.2) is 0 Å². The van der Waals surface area contributed by atoms with Crippen molar-refractivity contribution in [2.45, 2.75) is 39.7 Å². The van der Waals surface area contributed by atoms with Crippen LogP contribution in [0.2, 0.25) is 0 Å². The van der Waals surface area contributed by atoms with Gasteiger partial charge >= 0.3 is 0 Å². The molecule has 13 heavy (non-hydrogen) atoms. The SMILES string of the molecule is CCc1ccc(C(C)N)cc1CC. The Morgan fingerprint density at radius 1 is 1.15 bits per heavy atom. The molecule has 1 aromatic rings. The molecule has 0 radical (unpaired) electrons. The number of hydrogen-bond acceptors (Lipinski definition) is 1. The molecule has 1 heteroatoms. The summed E-state index contributed by atoms with van der Waals surface area (Å²) >= 11 is 0. The van der Waals surface area contributed by atoms with E-state index in [2.05, 4.69) is 32.0 Å². The summed E-state index contributed by atoms with van der Waals surface area (Å²) in [7, 11) is 0. The van der Waals surface area contributed by atoms with Crippen molar-refractivity contribution in [2.24, 2.45) is 5.73 Å². The van der Waals surface area contributed by atoms with E-state index in [1.165, 1.54) is 16.7 Å². The number of rotatable bonds is 3. The van der Waals surface area contributed by atoms with Crippen LogP contribution in [0.15, 0.2) is 18.2 Å². The van der Waals surface area contributed by atoms with E-state index in [0.29, 0.717) is 0 Å². The van der Waals surface area contributed by atoms with Crippen LogP contribution in [0.1, 0.15) is 43.5 Å². The lowest BCUT2D eigenvalue weighted by Crippen LogP contribution is -2.06. The molecule has 0 aliphatic rings. The lowest BCUT2D eigenvalue weighted by Gasteiger charge is -2.11. The maximum absolute atomic E-state index is 5.83. The highest BCUT2D eigenvalue weighted by Gasteiger charge is 2.03. The van der Waals surface area contributed by atoms with E-state index >= 15 is 0 Å². The standard InChI is InChI=1S/C12H19N/c1-4-10-6-7-12(9(3)13)8-11(10)5-2/h6-9H,4-5,13H2,1-3H3. The summed E-state index contributed by atoms with van der Waals surface area (Å²) in [6, 6.07) is 6.74. The Morgan fingerprint density at radius 2 is 1.77 bits per heavy atom. The average Bonchev–Trinajstić information content (AvgIpc) is 2.16. The van der Waals surface area contributed by atoms with Gasteiger partial charge < -0.3 is 5.73 Å². The molecule has 0 heterocycles. The van der Waals surface area contributed by atoms with E-state index < -0.39 is 0 Å². The zero-order valence-electron chi connectivity index (χ0n) is 8.80. The highest BCUT2D eigenvalue weighted by Crippen LogP contribution is 2.17. The molecule has 0 amide bonds. The van der Waals surface area contributed by atoms with Crippen LogP contribution in [0, 0.1) is 0 Å². The van der Waals surface area contributed by atoms with Crippen molar-refractivity contribution in [3.05, 3.63) is 34.9 Å². The van der Waals surface area contributed by atoms with Gasteiger partial charge in [0.1, 0.15) is 0 Å². The molecule has 0 spiro atoms. The van der Waals surface area contributed by atoms with Crippen LogP contribution in [0.4, 0.5) is 0 Å². The third kappa shape index (κ3) is 2.31. The van der Waals surface area contributed by atoms with Gasteiger partial charge in [0.05, 0.1) is 0 Å². The number of benzene rings is 1. The van der Waals surface area contributed by atoms with Crippen LogP contribution in [0.3, 0.4) is 0 Å². The highest BCUT2D eigenvalue weighted by atomic mass is 14.6. The van der Waals surface area contributed by atoms with Crippen molar-refractivity contribution in [1.82, 2.24) is 0 Å². The van der Waals surface area contributed by atoms with Crippen molar-refractivity contribution in [1.29, 1.82) is 0 Å². The first-order chi connectivity index (χ1) is 6.19. The quantitative estimate of drug-likeness (QED) is 0.755. The maximum atomic E-state index is 5.83. The number of aryl methyl sites for hydroxylation is 2. The van der Waals surface area contributed by atoms with Crippen LogP contribution in [-0.2, 0) is 12.8 Å². The summed E-state index contributed by atoms with van der Waals surface area (Å²) in [6.07, 6.45) is 2.21. The lowest BCUT2D eigenvalue weighted by atomic mass is 9.98. The fraction of sp³-hybridized carbons (Fsp3) is 0.500. The second-order valence-corrected chi connectivity index (χ2v) is 3.52. The molecule has 0 saturated heterocycles. The van der Waals surface area contributed by atoms with Crippen molar-refractivity contribution in [3.8, 4) is 0 Å². The summed E-state index contributed by atoms with van der Waals surface area (Å²) in [5.41, 5.74) is 9.97. The van der Waals surface area contributed by atoms with Crippen molar-refractivity contribution >= 4 is 0 Å². The van der Waals surface area contributed by atoms with Gasteiger partial charge in [0.15, 0.2) is 0 Å². The molecule has 0 saturated carbocycles. The van der Waals surface area contributed by atoms with Crippen LogP contribution < -0.4 is 5.73 Å². The minimum absolute atomic E-state index is 0.149. The van der Waals surface area contributed by atoms with Gasteiger partial charge in [0.25, 0.3) is 0 Å². The van der Waals surface area contributed by atoms with E-state index in [4.69, 9.17) is 5.73 Å². The normalized spacial score (nSPS) is 12.9. The molecule has 0 aromatic heterocycles. The Morgan fingerprint density at radius 3 is 2.23 bits per heavy atom. The van der Waals surface area contributed by atoms with E-state index in [1.54, 1.807) is 0 Å². The molecule has 1 aromatic carbocycles. The Balaban J connectivity index is 3.05. The Kier molecular flexibility index (Phi) is 3.49. The monoisotopic (exact) mass is 177 g/mol. The topological polar surface area (TPSA) is 26.0 Å². The molecule has 2 N–H and O–H groups in total. The minimum atomic E-state index is 0.149. The molecule has 1 unspecified atom stereocenters. The van der Waals surface area contributed by atoms with Gasteiger partial charge in [-0.25, -0.2) is 0 Å². The van der Waals surface area contributed by atoms with E-state index in [9.17, 15) is 0 Å². The summed E-state index contributed by atoms with van der Waals surface area (Å²) < 4.78 is 0. The van der Waals surface area contributed by atoms with Gasteiger partial charge in [0, 0.05) is 6.04 Å². The average molecular weight is 177 g/mol. The molecule has 0 fully saturated rings. The molecular weight excluding hydrogens is 158 g/mol. The van der Waals surface area contributed by atoms with Gasteiger partial charge in [-0.1, -0.05) is 32.0 Å². The zero-order chi connectivity index (χ0) is 9.84. The van der Waals surface area contributed by atoms with Gasteiger partial charge in [-0.15, -0.1) is 0 Å². The highest BCUT2D eigenvalue weighted by molar-refractivity contribution is 5.33. The van der Waals surface area contributed by atoms with Crippen LogP contribution in [0.5, 0.6) is 0 Å². The second-order valence-electron chi connectivity index (χ2n) is 3.52. The fourth-order valence-corrected chi connectivity index (χ4v) is 1.60. The van der Waals surface area contributed by atoms with Gasteiger partial charge in [0.2, 0.25) is 0 Å². The zero-order valence-corrected chi connectivity index (χ0v) is 8.80. The van der Waals surface area contributed by atoms with E-state index in [1.807, 2.05) is 6.92 Å². The summed E-state index contributed by atoms with van der Waals surface area (Å²) in [5.74, 6) is 0. The molecule has 0 aliphatic heterocycles. The van der Waals surface area contributed by atoms with Gasteiger partial charge in [-0.2, -0.15) is 0 Å². The van der Waals surface area contributed by atoms with Crippen molar-refractivity contribution < 1.29 is 0 Å². The first-order valence-electron chi connectivity index (χ1n) is 5.06. The Labute approximate surface area is 81.0 Å². The lowest BCUT2D eigenvalue weighted by molar-refractivity contribution is 0.813. The van der Waals surface area contributed by atoms with Crippen LogP contribution >= 0.6 is 0 Å².